The van der Waals surface area contributed by atoms with Gasteiger partial charge in [-0.1, -0.05) is 37.1 Å². The minimum absolute atomic E-state index is 0.00341. The average Bonchev–Trinajstić information content (AvgIpc) is 3.88. The van der Waals surface area contributed by atoms with Crippen molar-refractivity contribution < 1.29 is 51.0 Å². The van der Waals surface area contributed by atoms with E-state index in [0.29, 0.717) is 49.8 Å². The molecule has 282 valence electrons. The van der Waals surface area contributed by atoms with E-state index in [1.165, 1.54) is 15.9 Å². The normalized spacial score (nSPS) is 30.6. The van der Waals surface area contributed by atoms with E-state index in [4.69, 9.17) is 14.2 Å². The number of nitrogens with zero attached hydrogens (tertiary/aromatic N) is 2. The molecule has 15 nitrogen and oxygen atoms in total. The second-order valence-electron chi connectivity index (χ2n) is 14.6. The van der Waals surface area contributed by atoms with Crippen molar-refractivity contribution in [1.29, 1.82) is 0 Å². The van der Waals surface area contributed by atoms with E-state index in [1.54, 1.807) is 12.1 Å². The molecule has 0 radical (unpaired) electrons. The molecular formula is C35H44FN5O10S. The summed E-state index contributed by atoms with van der Waals surface area (Å²) in [7, 11) is -3.92. The van der Waals surface area contributed by atoms with Crippen LogP contribution in [0.3, 0.4) is 0 Å². The zero-order chi connectivity index (χ0) is 36.6. The molecule has 6 aliphatic rings. The lowest BCUT2D eigenvalue weighted by atomic mass is 10.0. The minimum Gasteiger partial charge on any atom is -0.444 e. The van der Waals surface area contributed by atoms with Crippen molar-refractivity contribution in [2.75, 3.05) is 19.8 Å². The van der Waals surface area contributed by atoms with Crippen LogP contribution in [0.2, 0.25) is 0 Å². The third kappa shape index (κ3) is 7.75. The van der Waals surface area contributed by atoms with E-state index in [9.17, 15) is 36.8 Å². The summed E-state index contributed by atoms with van der Waals surface area (Å²) in [6.07, 6.45) is 5.15. The van der Waals surface area contributed by atoms with Gasteiger partial charge >= 0.3 is 12.2 Å². The molecule has 4 aliphatic heterocycles. The summed E-state index contributed by atoms with van der Waals surface area (Å²) in [4.78, 5) is 71.0. The topological polar surface area (TPSA) is 190 Å². The quantitative estimate of drug-likeness (QED) is 0.364. The summed E-state index contributed by atoms with van der Waals surface area (Å²) in [5.74, 6) is -3.07. The highest BCUT2D eigenvalue weighted by atomic mass is 32.2. The smallest absolute Gasteiger partial charge is 0.410 e. The van der Waals surface area contributed by atoms with Crippen LogP contribution in [0, 0.1) is 11.7 Å². The Morgan fingerprint density at radius 2 is 1.85 bits per heavy atom. The highest BCUT2D eigenvalue weighted by Gasteiger charge is 2.62. The van der Waals surface area contributed by atoms with Crippen LogP contribution in [0.4, 0.5) is 14.0 Å². The van der Waals surface area contributed by atoms with Crippen LogP contribution in [0.5, 0.6) is 0 Å². The molecule has 52 heavy (non-hydrogen) atoms. The average molecular weight is 746 g/mol. The van der Waals surface area contributed by atoms with Gasteiger partial charge < -0.3 is 29.7 Å². The van der Waals surface area contributed by atoms with Crippen molar-refractivity contribution in [2.45, 2.75) is 112 Å². The molecule has 3 N–H and O–H groups in total. The van der Waals surface area contributed by atoms with Crippen LogP contribution < -0.4 is 15.4 Å². The predicted octanol–water partition coefficient (Wildman–Crippen LogP) is 2.13. The van der Waals surface area contributed by atoms with Gasteiger partial charge in [0.1, 0.15) is 35.6 Å². The summed E-state index contributed by atoms with van der Waals surface area (Å²) in [5, 5.41) is 4.80. The number of alkyl carbamates (subject to hydrolysis) is 1. The molecule has 0 bridgehead atoms. The maximum Gasteiger partial charge on any atom is 0.410 e. The van der Waals surface area contributed by atoms with Gasteiger partial charge in [0.25, 0.3) is 5.91 Å². The molecule has 4 fully saturated rings. The molecule has 1 unspecified atom stereocenters. The zero-order valence-electron chi connectivity index (χ0n) is 28.7. The fraction of sp³-hybridized carbons (Fsp3) is 0.629. The first-order valence-electron chi connectivity index (χ1n) is 18.1. The molecule has 1 aromatic carbocycles. The Morgan fingerprint density at radius 1 is 1.02 bits per heavy atom. The molecule has 2 saturated carbocycles. The molecule has 2 saturated heterocycles. The van der Waals surface area contributed by atoms with Crippen molar-refractivity contribution in [1.82, 2.24) is 25.2 Å². The van der Waals surface area contributed by atoms with Crippen molar-refractivity contribution in [2.24, 2.45) is 5.92 Å². The van der Waals surface area contributed by atoms with Gasteiger partial charge in [-0.25, -0.2) is 22.4 Å². The maximum atomic E-state index is 14.4. The molecule has 6 atom stereocenters. The van der Waals surface area contributed by atoms with Gasteiger partial charge in [0.2, 0.25) is 21.8 Å². The summed E-state index contributed by atoms with van der Waals surface area (Å²) in [6, 6.07) is 2.29. The number of fused-ring (bicyclic) bond motifs is 3. The van der Waals surface area contributed by atoms with Gasteiger partial charge in [-0.3, -0.25) is 24.0 Å². The van der Waals surface area contributed by atoms with Gasteiger partial charge in [0.15, 0.2) is 0 Å². The van der Waals surface area contributed by atoms with E-state index >= 15 is 0 Å². The van der Waals surface area contributed by atoms with E-state index in [-0.39, 0.29) is 45.5 Å². The first kappa shape index (κ1) is 36.1. The standard InChI is InChI=1S/C35H44FN5O10S/c36-27-9-6-7-21-17-40(19-26(21)27)34(46)51-24-15-29-30(42)38-35(32(44)39-52(47,48)25-11-12-25)16-22(35)8-4-2-1-3-5-10-28(31(43)41(29)18-24)37-33(45)50-23-13-14-49-20-23/h4,6-9,22-25,28-29H,1-3,5,10-20H2,(H,37,45)(H,38,42)(H,39,44)/t22-,23?,24-,28+,29+,35-/m1/s1. The van der Waals surface area contributed by atoms with E-state index in [1.807, 2.05) is 12.2 Å². The number of hydrogen-bond acceptors (Lipinski definition) is 10. The Morgan fingerprint density at radius 3 is 2.60 bits per heavy atom. The minimum atomic E-state index is -3.92. The lowest BCUT2D eigenvalue weighted by Gasteiger charge is -2.30. The highest BCUT2D eigenvalue weighted by Crippen LogP contribution is 2.46. The Bertz CT molecular complexity index is 1750. The number of carbonyl (C=O) groups is 5. The second kappa shape index (κ2) is 14.6. The van der Waals surface area contributed by atoms with Crippen LogP contribution >= 0.6 is 0 Å². The van der Waals surface area contributed by atoms with Gasteiger partial charge in [-0.2, -0.15) is 0 Å². The van der Waals surface area contributed by atoms with E-state index in [0.717, 1.165) is 12.8 Å². The number of ether oxygens (including phenoxy) is 3. The molecule has 0 spiro atoms. The van der Waals surface area contributed by atoms with Gasteiger partial charge in [-0.05, 0) is 50.2 Å². The number of amides is 5. The van der Waals surface area contributed by atoms with Crippen LogP contribution in [0.25, 0.3) is 0 Å². The van der Waals surface area contributed by atoms with Crippen LogP contribution in [-0.4, -0.2) is 103 Å². The summed E-state index contributed by atoms with van der Waals surface area (Å²) >= 11 is 0. The molecule has 0 aromatic heterocycles. The summed E-state index contributed by atoms with van der Waals surface area (Å²) in [5.41, 5.74) is -0.524. The Kier molecular flexibility index (Phi) is 10.2. The van der Waals surface area contributed by atoms with Crippen molar-refractivity contribution in [3.05, 3.63) is 47.3 Å². The third-order valence-electron chi connectivity index (χ3n) is 10.7. The largest absolute Gasteiger partial charge is 0.444 e. The van der Waals surface area contributed by atoms with Crippen LogP contribution in [0.1, 0.15) is 75.3 Å². The molecule has 1 aromatic rings. The summed E-state index contributed by atoms with van der Waals surface area (Å²) < 4.78 is 58.7. The van der Waals surface area contributed by atoms with Gasteiger partial charge in [0.05, 0.1) is 31.6 Å². The molecular weight excluding hydrogens is 701 g/mol. The fourth-order valence-electron chi connectivity index (χ4n) is 7.51. The number of halogens is 1. The monoisotopic (exact) mass is 745 g/mol. The number of rotatable bonds is 6. The van der Waals surface area contributed by atoms with Gasteiger partial charge in [-0.15, -0.1) is 0 Å². The maximum absolute atomic E-state index is 14.4. The SMILES string of the molecule is O=C(N[C@H]1CCCCCC=C[C@@H]2C[C@@]2(C(=O)NS(=O)(=O)C2CC2)NC(=O)[C@@H]2C[C@@H](OC(=O)N3Cc4cccc(F)c4C3)CN2C1=O)OC1CCOC1. The Hall–Kier alpha value is -4.25. The van der Waals surface area contributed by atoms with Crippen molar-refractivity contribution in [3.63, 3.8) is 0 Å². The van der Waals surface area contributed by atoms with Crippen molar-refractivity contribution >= 4 is 39.9 Å². The van der Waals surface area contributed by atoms with Crippen LogP contribution in [0.15, 0.2) is 30.4 Å². The first-order chi connectivity index (χ1) is 24.9. The summed E-state index contributed by atoms with van der Waals surface area (Å²) in [6.45, 7) is 0.622. The molecule has 17 heteroatoms. The number of sulfonamides is 1. The third-order valence-corrected chi connectivity index (χ3v) is 12.6. The van der Waals surface area contributed by atoms with Crippen LogP contribution in [-0.2, 0) is 51.7 Å². The number of allylic oxidation sites excluding steroid dienone is 1. The molecule has 7 rings (SSSR count). The fourth-order valence-corrected chi connectivity index (χ4v) is 8.87. The first-order valence-corrected chi connectivity index (χ1v) is 19.6. The predicted molar refractivity (Wildman–Crippen MR) is 180 cm³/mol. The molecule has 2 aliphatic carbocycles. The molecule has 4 heterocycles. The number of benzene rings is 1. The van der Waals surface area contributed by atoms with E-state index < -0.39 is 86.7 Å². The zero-order valence-corrected chi connectivity index (χ0v) is 29.5. The number of carbonyl (C=O) groups excluding carboxylic acids is 5. The van der Waals surface area contributed by atoms with Crippen molar-refractivity contribution in [3.8, 4) is 0 Å². The number of nitrogens with one attached hydrogen (secondary N) is 3. The lowest BCUT2D eigenvalue weighted by Crippen LogP contribution is -2.58. The Labute approximate surface area is 301 Å². The number of hydrogen-bond donors (Lipinski definition) is 3. The molecule has 5 amide bonds. The highest BCUT2D eigenvalue weighted by molar-refractivity contribution is 7.91. The van der Waals surface area contributed by atoms with Gasteiger partial charge in [0, 0.05) is 30.9 Å². The lowest BCUT2D eigenvalue weighted by molar-refractivity contribution is -0.141. The Balaban J connectivity index is 1.12. The second-order valence-corrected chi connectivity index (χ2v) is 16.5. The van der Waals surface area contributed by atoms with E-state index in [2.05, 4.69) is 15.4 Å².